The lowest BCUT2D eigenvalue weighted by molar-refractivity contribution is 0.0635. The normalized spacial score (nSPS) is 25.9. The van der Waals surface area contributed by atoms with Gasteiger partial charge >= 0.3 is 0 Å². The Morgan fingerprint density at radius 1 is 1.18 bits per heavy atom. The van der Waals surface area contributed by atoms with E-state index in [4.69, 9.17) is 4.74 Å². The lowest BCUT2D eigenvalue weighted by Crippen LogP contribution is -2.51. The smallest absolute Gasteiger partial charge is 0.267 e. The van der Waals surface area contributed by atoms with Crippen LogP contribution in [0.1, 0.15) is 30.5 Å². The van der Waals surface area contributed by atoms with Gasteiger partial charge in [-0.15, -0.1) is 0 Å². The maximum atomic E-state index is 12.2. The number of ether oxygens (including phenoxy) is 1. The van der Waals surface area contributed by atoms with E-state index in [1.54, 1.807) is 4.68 Å². The number of aryl methyl sites for hydroxylation is 2. The van der Waals surface area contributed by atoms with Gasteiger partial charge in [0.15, 0.2) is 0 Å². The van der Waals surface area contributed by atoms with Gasteiger partial charge in [0.25, 0.3) is 5.56 Å². The highest BCUT2D eigenvalue weighted by Gasteiger charge is 2.30. The molecule has 2 fully saturated rings. The van der Waals surface area contributed by atoms with Crippen LogP contribution in [0, 0.1) is 11.8 Å². The fraction of sp³-hybridized carbons (Fsp3) is 0.765. The number of hydrogen-bond acceptors (Lipinski definition) is 4. The molecule has 1 unspecified atom stereocenters. The fourth-order valence-corrected chi connectivity index (χ4v) is 4.01. The van der Waals surface area contributed by atoms with Crippen LogP contribution in [0.4, 0.5) is 0 Å². The topological polar surface area (TPSA) is 47.4 Å². The third-order valence-electron chi connectivity index (χ3n) is 5.28. The molecule has 2 saturated heterocycles. The number of fused-ring (bicyclic) bond motifs is 1. The summed E-state index contributed by atoms with van der Waals surface area (Å²) >= 11 is 0. The van der Waals surface area contributed by atoms with E-state index < -0.39 is 0 Å². The van der Waals surface area contributed by atoms with Gasteiger partial charge in [-0.2, -0.15) is 5.10 Å². The van der Waals surface area contributed by atoms with Crippen molar-refractivity contribution < 1.29 is 4.74 Å². The highest BCUT2D eigenvalue weighted by molar-refractivity contribution is 5.20. The monoisotopic (exact) mass is 303 g/mol. The molecule has 0 radical (unpaired) electrons. The predicted octanol–water partition coefficient (Wildman–Crippen LogP) is 1.09. The van der Waals surface area contributed by atoms with Crippen molar-refractivity contribution >= 4 is 0 Å². The summed E-state index contributed by atoms with van der Waals surface area (Å²) in [5, 5.41) is 4.63. The Balaban J connectivity index is 1.33. The van der Waals surface area contributed by atoms with Gasteiger partial charge in [0.2, 0.25) is 0 Å². The third kappa shape index (κ3) is 2.97. The van der Waals surface area contributed by atoms with Crippen LogP contribution in [0.25, 0.3) is 0 Å². The van der Waals surface area contributed by atoms with Crippen LogP contribution in [0.5, 0.6) is 0 Å². The first kappa shape index (κ1) is 14.4. The zero-order valence-electron chi connectivity index (χ0n) is 13.2. The molecule has 1 aromatic rings. The van der Waals surface area contributed by atoms with Gasteiger partial charge in [0.05, 0.1) is 18.8 Å². The highest BCUT2D eigenvalue weighted by Crippen LogP contribution is 2.22. The van der Waals surface area contributed by atoms with Crippen molar-refractivity contribution in [3.05, 3.63) is 27.7 Å². The molecule has 2 aliphatic heterocycles. The first-order valence-corrected chi connectivity index (χ1v) is 8.68. The van der Waals surface area contributed by atoms with Crippen LogP contribution in [0.2, 0.25) is 0 Å². The molecule has 0 amide bonds. The molecule has 1 atom stereocenters. The van der Waals surface area contributed by atoms with Gasteiger partial charge in [-0.1, -0.05) is 0 Å². The molecule has 5 nitrogen and oxygen atoms in total. The van der Waals surface area contributed by atoms with E-state index in [2.05, 4.69) is 10.00 Å². The minimum absolute atomic E-state index is 0.0864. The molecular formula is C17H25N3O2. The number of likely N-dealkylation sites (tertiary alicyclic amines) is 1. The molecule has 0 bridgehead atoms. The summed E-state index contributed by atoms with van der Waals surface area (Å²) in [4.78, 5) is 14.7. The molecule has 0 aromatic carbocycles. The standard InChI is InChI=1S/C17H25N3O2/c21-17-7-15-3-1-2-4-16(15)18-20(17)11-14-9-19(10-14)8-13-5-6-22-12-13/h7,13-14H,1-6,8-12H2. The molecule has 5 heteroatoms. The van der Waals surface area contributed by atoms with Crippen LogP contribution >= 0.6 is 0 Å². The Morgan fingerprint density at radius 2 is 2.05 bits per heavy atom. The lowest BCUT2D eigenvalue weighted by Gasteiger charge is -2.40. The zero-order valence-corrected chi connectivity index (χ0v) is 13.2. The molecular weight excluding hydrogens is 278 g/mol. The van der Waals surface area contributed by atoms with Crippen LogP contribution < -0.4 is 5.56 Å². The van der Waals surface area contributed by atoms with Crippen LogP contribution in [-0.2, 0) is 24.1 Å². The summed E-state index contributed by atoms with van der Waals surface area (Å²) in [6, 6.07) is 1.83. The average molecular weight is 303 g/mol. The molecule has 1 aromatic heterocycles. The first-order valence-electron chi connectivity index (χ1n) is 8.68. The summed E-state index contributed by atoms with van der Waals surface area (Å²) in [6.45, 7) is 5.99. The number of nitrogens with zero attached hydrogens (tertiary/aromatic N) is 3. The SMILES string of the molecule is O=c1cc2c(nn1CC1CN(CC3CCOC3)C1)CCCC2. The zero-order chi connectivity index (χ0) is 14.9. The molecule has 0 N–H and O–H groups in total. The van der Waals surface area contributed by atoms with Crippen molar-refractivity contribution in [2.24, 2.45) is 11.8 Å². The maximum Gasteiger partial charge on any atom is 0.267 e. The summed E-state index contributed by atoms with van der Waals surface area (Å²) in [7, 11) is 0. The van der Waals surface area contributed by atoms with E-state index in [9.17, 15) is 4.79 Å². The molecule has 1 aliphatic carbocycles. The largest absolute Gasteiger partial charge is 0.381 e. The second-order valence-electron chi connectivity index (χ2n) is 7.16. The van der Waals surface area contributed by atoms with Crippen molar-refractivity contribution in [1.29, 1.82) is 0 Å². The molecule has 3 heterocycles. The van der Waals surface area contributed by atoms with Crippen LogP contribution in [0.15, 0.2) is 10.9 Å². The van der Waals surface area contributed by atoms with Gasteiger partial charge in [-0.25, -0.2) is 4.68 Å². The van der Waals surface area contributed by atoms with Crippen molar-refractivity contribution in [3.63, 3.8) is 0 Å². The molecule has 0 saturated carbocycles. The molecule has 3 aliphatic rings. The minimum Gasteiger partial charge on any atom is -0.381 e. The molecule has 120 valence electrons. The Kier molecular flexibility index (Phi) is 4.01. The van der Waals surface area contributed by atoms with Crippen molar-refractivity contribution in [2.75, 3.05) is 32.8 Å². The van der Waals surface area contributed by atoms with E-state index in [1.165, 1.54) is 24.8 Å². The molecule has 4 rings (SSSR count). The van der Waals surface area contributed by atoms with Gasteiger partial charge < -0.3 is 9.64 Å². The Labute approximate surface area is 131 Å². The van der Waals surface area contributed by atoms with Gasteiger partial charge in [-0.3, -0.25) is 4.79 Å². The van der Waals surface area contributed by atoms with E-state index in [0.717, 1.165) is 57.9 Å². The van der Waals surface area contributed by atoms with E-state index in [1.807, 2.05) is 6.07 Å². The number of hydrogen-bond donors (Lipinski definition) is 0. The Hall–Kier alpha value is -1.20. The second kappa shape index (κ2) is 6.13. The number of rotatable bonds is 4. The Bertz CT molecular complexity index is 586. The van der Waals surface area contributed by atoms with Crippen molar-refractivity contribution in [2.45, 2.75) is 38.6 Å². The van der Waals surface area contributed by atoms with E-state index >= 15 is 0 Å². The second-order valence-corrected chi connectivity index (χ2v) is 7.16. The third-order valence-corrected chi connectivity index (χ3v) is 5.28. The van der Waals surface area contributed by atoms with Crippen molar-refractivity contribution in [1.82, 2.24) is 14.7 Å². The maximum absolute atomic E-state index is 12.2. The van der Waals surface area contributed by atoms with E-state index in [0.29, 0.717) is 11.8 Å². The summed E-state index contributed by atoms with van der Waals surface area (Å²) in [6.07, 6.45) is 5.67. The first-order chi connectivity index (χ1) is 10.8. The minimum atomic E-state index is 0.0864. The highest BCUT2D eigenvalue weighted by atomic mass is 16.5. The van der Waals surface area contributed by atoms with Gasteiger partial charge in [0, 0.05) is 38.2 Å². The predicted molar refractivity (Wildman–Crippen MR) is 84.0 cm³/mol. The average Bonchev–Trinajstić information content (AvgIpc) is 2.98. The van der Waals surface area contributed by atoms with Crippen LogP contribution in [0.3, 0.4) is 0 Å². The quantitative estimate of drug-likeness (QED) is 0.835. The van der Waals surface area contributed by atoms with Gasteiger partial charge in [0.1, 0.15) is 0 Å². The molecule has 0 spiro atoms. The summed E-state index contributed by atoms with van der Waals surface area (Å²) < 4.78 is 7.15. The number of aromatic nitrogens is 2. The van der Waals surface area contributed by atoms with Gasteiger partial charge in [-0.05, 0) is 43.6 Å². The summed E-state index contributed by atoms with van der Waals surface area (Å²) in [5.74, 6) is 1.29. The van der Waals surface area contributed by atoms with Crippen molar-refractivity contribution in [3.8, 4) is 0 Å². The Morgan fingerprint density at radius 3 is 2.86 bits per heavy atom. The van der Waals surface area contributed by atoms with Crippen LogP contribution in [-0.4, -0.2) is 47.5 Å². The van der Waals surface area contributed by atoms with E-state index in [-0.39, 0.29) is 5.56 Å². The molecule has 22 heavy (non-hydrogen) atoms. The fourth-order valence-electron chi connectivity index (χ4n) is 4.01. The summed E-state index contributed by atoms with van der Waals surface area (Å²) in [5.41, 5.74) is 2.43. The lowest BCUT2D eigenvalue weighted by atomic mass is 9.96.